The Bertz CT molecular complexity index is 722. The molecule has 9 heteroatoms. The van der Waals surface area contributed by atoms with Crippen molar-refractivity contribution in [1.82, 2.24) is 14.9 Å². The fourth-order valence-corrected chi connectivity index (χ4v) is 2.78. The van der Waals surface area contributed by atoms with E-state index in [1.807, 2.05) is 0 Å². The van der Waals surface area contributed by atoms with Crippen molar-refractivity contribution in [2.75, 3.05) is 49.5 Å². The van der Waals surface area contributed by atoms with Crippen molar-refractivity contribution in [1.29, 1.82) is 0 Å². The minimum Gasteiger partial charge on any atom is -0.378 e. The molecule has 132 valence electrons. The summed E-state index contributed by atoms with van der Waals surface area (Å²) < 4.78 is 13.1. The summed E-state index contributed by atoms with van der Waals surface area (Å²) in [6.07, 6.45) is 3.46. The van der Waals surface area contributed by atoms with Gasteiger partial charge in [0.1, 0.15) is 11.5 Å². The van der Waals surface area contributed by atoms with Gasteiger partial charge in [0.05, 0.1) is 11.0 Å². The maximum atomic E-state index is 13.1. The van der Waals surface area contributed by atoms with E-state index in [1.54, 1.807) is 18.5 Å². The summed E-state index contributed by atoms with van der Waals surface area (Å²) in [7, 11) is 0. The van der Waals surface area contributed by atoms with Crippen LogP contribution in [0.25, 0.3) is 0 Å². The van der Waals surface area contributed by atoms with E-state index in [2.05, 4.69) is 25.1 Å². The first-order valence-electron chi connectivity index (χ1n) is 8.05. The van der Waals surface area contributed by atoms with Gasteiger partial charge in [0, 0.05) is 51.7 Å². The molecule has 1 N–H and O–H groups in total. The highest BCUT2D eigenvalue weighted by Gasteiger charge is 2.19. The zero-order valence-corrected chi connectivity index (χ0v) is 13.6. The molecule has 8 nitrogen and oxygen atoms in total. The number of piperazine rings is 1. The average Bonchev–Trinajstić information content (AvgIpc) is 2.64. The number of aromatic nitrogens is 2. The Morgan fingerprint density at radius 3 is 2.60 bits per heavy atom. The molecule has 1 fully saturated rings. The van der Waals surface area contributed by atoms with Crippen LogP contribution in [0.5, 0.6) is 0 Å². The van der Waals surface area contributed by atoms with E-state index in [0.717, 1.165) is 44.7 Å². The molecule has 1 aliphatic rings. The van der Waals surface area contributed by atoms with Crippen LogP contribution in [0.2, 0.25) is 0 Å². The molecular weight excluding hydrogens is 327 g/mol. The van der Waals surface area contributed by atoms with Crippen LogP contribution in [0.4, 0.5) is 21.7 Å². The summed E-state index contributed by atoms with van der Waals surface area (Å²) in [5, 5.41) is 14.0. The molecular formula is C16H19FN6O2. The van der Waals surface area contributed by atoms with E-state index in [9.17, 15) is 14.5 Å². The molecule has 0 unspecified atom stereocenters. The Kier molecular flexibility index (Phi) is 5.34. The van der Waals surface area contributed by atoms with Crippen LogP contribution in [0.15, 0.2) is 36.7 Å². The SMILES string of the molecule is O=[N+]([O-])c1cc(F)ccc1NCCN1CCN(c2ncccn2)CC1. The minimum atomic E-state index is -0.614. The summed E-state index contributed by atoms with van der Waals surface area (Å²) in [4.78, 5) is 23.3. The van der Waals surface area contributed by atoms with Crippen LogP contribution in [0.1, 0.15) is 0 Å². The predicted molar refractivity (Wildman–Crippen MR) is 92.2 cm³/mol. The van der Waals surface area contributed by atoms with Gasteiger partial charge in [-0.3, -0.25) is 15.0 Å². The zero-order chi connectivity index (χ0) is 17.6. The van der Waals surface area contributed by atoms with Crippen LogP contribution < -0.4 is 10.2 Å². The normalized spacial score (nSPS) is 15.2. The van der Waals surface area contributed by atoms with Crippen molar-refractivity contribution < 1.29 is 9.31 Å². The van der Waals surface area contributed by atoms with E-state index in [4.69, 9.17) is 0 Å². The molecule has 0 radical (unpaired) electrons. The van der Waals surface area contributed by atoms with E-state index < -0.39 is 10.7 Å². The van der Waals surface area contributed by atoms with E-state index >= 15 is 0 Å². The minimum absolute atomic E-state index is 0.244. The highest BCUT2D eigenvalue weighted by Crippen LogP contribution is 2.24. The molecule has 0 aliphatic carbocycles. The molecule has 1 saturated heterocycles. The zero-order valence-electron chi connectivity index (χ0n) is 13.6. The Labute approximate surface area is 144 Å². The highest BCUT2D eigenvalue weighted by molar-refractivity contribution is 5.61. The van der Waals surface area contributed by atoms with Crippen molar-refractivity contribution in [2.45, 2.75) is 0 Å². The van der Waals surface area contributed by atoms with Gasteiger partial charge in [-0.1, -0.05) is 0 Å². The number of hydrogen-bond acceptors (Lipinski definition) is 7. The highest BCUT2D eigenvalue weighted by atomic mass is 19.1. The first-order valence-corrected chi connectivity index (χ1v) is 8.05. The maximum Gasteiger partial charge on any atom is 0.295 e. The number of hydrogen-bond donors (Lipinski definition) is 1. The fraction of sp³-hybridized carbons (Fsp3) is 0.375. The summed E-state index contributed by atoms with van der Waals surface area (Å²) >= 11 is 0. The van der Waals surface area contributed by atoms with Gasteiger partial charge < -0.3 is 10.2 Å². The van der Waals surface area contributed by atoms with E-state index in [-0.39, 0.29) is 5.69 Å². The molecule has 0 atom stereocenters. The fourth-order valence-electron chi connectivity index (χ4n) is 2.78. The van der Waals surface area contributed by atoms with Crippen LogP contribution in [0, 0.1) is 15.9 Å². The topological polar surface area (TPSA) is 87.4 Å². The molecule has 2 aromatic rings. The van der Waals surface area contributed by atoms with Gasteiger partial charge in [-0.2, -0.15) is 0 Å². The van der Waals surface area contributed by atoms with Crippen molar-refractivity contribution in [3.8, 4) is 0 Å². The lowest BCUT2D eigenvalue weighted by Crippen LogP contribution is -2.48. The van der Waals surface area contributed by atoms with Gasteiger partial charge in [-0.25, -0.2) is 14.4 Å². The maximum absolute atomic E-state index is 13.1. The first kappa shape index (κ1) is 17.0. The summed E-state index contributed by atoms with van der Waals surface area (Å²) in [5.41, 5.74) is 0.0915. The summed E-state index contributed by atoms with van der Waals surface area (Å²) in [5.74, 6) is 0.124. The second-order valence-electron chi connectivity index (χ2n) is 5.72. The number of nitro groups is 1. The molecule has 1 aliphatic heterocycles. The molecule has 2 heterocycles. The van der Waals surface area contributed by atoms with Crippen molar-refractivity contribution in [2.24, 2.45) is 0 Å². The quantitative estimate of drug-likeness (QED) is 0.630. The van der Waals surface area contributed by atoms with Crippen LogP contribution >= 0.6 is 0 Å². The molecule has 0 saturated carbocycles. The van der Waals surface area contributed by atoms with Crippen LogP contribution in [-0.2, 0) is 0 Å². The number of halogens is 1. The van der Waals surface area contributed by atoms with Gasteiger partial charge in [-0.15, -0.1) is 0 Å². The van der Waals surface area contributed by atoms with Crippen LogP contribution in [-0.4, -0.2) is 59.1 Å². The number of nitrogens with zero attached hydrogens (tertiary/aromatic N) is 5. The molecule has 25 heavy (non-hydrogen) atoms. The van der Waals surface area contributed by atoms with Crippen LogP contribution in [0.3, 0.4) is 0 Å². The standard InChI is InChI=1S/C16H19FN6O2/c17-13-2-3-14(15(12-13)23(24)25)18-6-7-21-8-10-22(11-9-21)16-19-4-1-5-20-16/h1-5,12,18H,6-11H2. The summed E-state index contributed by atoms with van der Waals surface area (Å²) in [6, 6.07) is 5.34. The van der Waals surface area contributed by atoms with Gasteiger partial charge in [0.2, 0.25) is 5.95 Å². The Morgan fingerprint density at radius 1 is 1.20 bits per heavy atom. The monoisotopic (exact) mass is 346 g/mol. The van der Waals surface area contributed by atoms with E-state index in [0.29, 0.717) is 12.2 Å². The average molecular weight is 346 g/mol. The molecule has 0 bridgehead atoms. The molecule has 0 amide bonds. The number of nitrogens with one attached hydrogen (secondary N) is 1. The lowest BCUT2D eigenvalue weighted by molar-refractivity contribution is -0.384. The molecule has 1 aromatic carbocycles. The van der Waals surface area contributed by atoms with Crippen molar-refractivity contribution in [3.05, 3.63) is 52.6 Å². The number of benzene rings is 1. The van der Waals surface area contributed by atoms with Gasteiger partial charge in [0.15, 0.2) is 0 Å². The largest absolute Gasteiger partial charge is 0.378 e. The third kappa shape index (κ3) is 4.38. The van der Waals surface area contributed by atoms with Gasteiger partial charge in [0.25, 0.3) is 5.69 Å². The Balaban J connectivity index is 1.47. The second-order valence-corrected chi connectivity index (χ2v) is 5.72. The Morgan fingerprint density at radius 2 is 1.92 bits per heavy atom. The Hall–Kier alpha value is -2.81. The lowest BCUT2D eigenvalue weighted by atomic mass is 10.2. The molecule has 3 rings (SSSR count). The molecule has 0 spiro atoms. The van der Waals surface area contributed by atoms with Crippen molar-refractivity contribution >= 4 is 17.3 Å². The third-order valence-electron chi connectivity index (χ3n) is 4.11. The second kappa shape index (κ2) is 7.84. The third-order valence-corrected chi connectivity index (χ3v) is 4.11. The first-order chi connectivity index (χ1) is 12.1. The van der Waals surface area contributed by atoms with Gasteiger partial charge in [-0.05, 0) is 18.2 Å². The number of rotatable bonds is 6. The molecule has 1 aromatic heterocycles. The number of anilines is 2. The van der Waals surface area contributed by atoms with Crippen molar-refractivity contribution in [3.63, 3.8) is 0 Å². The van der Waals surface area contributed by atoms with Gasteiger partial charge >= 0.3 is 0 Å². The predicted octanol–water partition coefficient (Wildman–Crippen LogP) is 1.76. The van der Waals surface area contributed by atoms with E-state index in [1.165, 1.54) is 12.1 Å². The summed E-state index contributed by atoms with van der Waals surface area (Å²) in [6.45, 7) is 4.70. The lowest BCUT2D eigenvalue weighted by Gasteiger charge is -2.34. The smallest absolute Gasteiger partial charge is 0.295 e. The number of nitro benzene ring substituents is 1.